The zero-order valence-corrected chi connectivity index (χ0v) is 18.1. The molecule has 0 bridgehead atoms. The molecule has 2 amide bonds. The average molecular weight is 423 g/mol. The van der Waals surface area contributed by atoms with Gasteiger partial charge in [-0.2, -0.15) is 0 Å². The normalized spacial score (nSPS) is 20.4. The maximum atomic E-state index is 12.4. The fourth-order valence-corrected chi connectivity index (χ4v) is 5.40. The third kappa shape index (κ3) is 9.98. The van der Waals surface area contributed by atoms with Crippen LogP contribution in [0.3, 0.4) is 0 Å². The third-order valence-corrected chi connectivity index (χ3v) is 7.13. The lowest BCUT2D eigenvalue weighted by atomic mass is 9.91. The molecular weight excluding hydrogens is 385 g/mol. The summed E-state index contributed by atoms with van der Waals surface area (Å²) in [5, 5.41) is 15.1. The highest BCUT2D eigenvalue weighted by atomic mass is 31.2. The summed E-state index contributed by atoms with van der Waals surface area (Å²) >= 11 is 0. The zero-order chi connectivity index (χ0) is 20.6. The summed E-state index contributed by atoms with van der Waals surface area (Å²) in [6.07, 6.45) is 4.19. The summed E-state index contributed by atoms with van der Waals surface area (Å²) in [5.41, 5.74) is 5.73. The first kappa shape index (κ1) is 27.0. The number of hydrogen-bond donors (Lipinski definition) is 5. The number of carbonyl (C=O) groups is 2. The van der Waals surface area contributed by atoms with Gasteiger partial charge in [-0.15, -0.1) is 0 Å². The molecule has 1 aliphatic rings. The molecule has 0 saturated heterocycles. The Kier molecular flexibility index (Phi) is 12.1. The molecule has 0 radical (unpaired) electrons. The molecule has 1 aliphatic carbocycles. The lowest BCUT2D eigenvalue weighted by Gasteiger charge is -2.25. The second-order valence-corrected chi connectivity index (χ2v) is 10.5. The third-order valence-electron chi connectivity index (χ3n) is 5.05. The number of rotatable bonds is 10. The van der Waals surface area contributed by atoms with Gasteiger partial charge in [-0.05, 0) is 31.6 Å². The van der Waals surface area contributed by atoms with Crippen molar-refractivity contribution in [3.63, 3.8) is 0 Å². The van der Waals surface area contributed by atoms with Crippen LogP contribution in [0.25, 0.3) is 0 Å². The van der Waals surface area contributed by atoms with Crippen LogP contribution in [-0.4, -0.2) is 64.3 Å². The highest BCUT2D eigenvalue weighted by Crippen LogP contribution is 2.45. The van der Waals surface area contributed by atoms with Gasteiger partial charge in [0.2, 0.25) is 19.2 Å². The number of aliphatic hydroxyl groups excluding tert-OH is 1. The van der Waals surface area contributed by atoms with Gasteiger partial charge in [0.1, 0.15) is 6.04 Å². The molecule has 1 fully saturated rings. The van der Waals surface area contributed by atoms with E-state index in [1.165, 1.54) is 13.3 Å². The largest absolute Gasteiger partial charge is 0.412 e. The minimum absolute atomic E-state index is 0. The number of aliphatic hydroxyl groups is 1. The quantitative estimate of drug-likeness (QED) is 0.309. The summed E-state index contributed by atoms with van der Waals surface area (Å²) < 4.78 is 12.4. The van der Waals surface area contributed by atoms with Gasteiger partial charge in [0.15, 0.2) is 0 Å². The van der Waals surface area contributed by atoms with Crippen molar-refractivity contribution >= 4 is 19.2 Å². The van der Waals surface area contributed by atoms with E-state index < -0.39 is 37.4 Å². The molecule has 28 heavy (non-hydrogen) atoms. The fraction of sp³-hybridized carbons (Fsp3) is 0.889. The summed E-state index contributed by atoms with van der Waals surface area (Å²) in [6, 6.07) is -1.51. The van der Waals surface area contributed by atoms with E-state index in [1.54, 1.807) is 0 Å². The molecule has 0 aromatic heterocycles. The predicted molar refractivity (Wildman–Crippen MR) is 109 cm³/mol. The Balaban J connectivity index is 0.00000729. The second kappa shape index (κ2) is 12.5. The highest BCUT2D eigenvalue weighted by molar-refractivity contribution is 7.58. The van der Waals surface area contributed by atoms with Crippen molar-refractivity contribution in [1.82, 2.24) is 10.6 Å². The topological polar surface area (TPSA) is 173 Å². The average Bonchev–Trinajstić information content (AvgIpc) is 2.58. The molecular formula is C18H38N3O6P. The molecule has 10 heteroatoms. The lowest BCUT2D eigenvalue weighted by molar-refractivity contribution is -0.129. The molecule has 9 nitrogen and oxygen atoms in total. The maximum absolute atomic E-state index is 12.4. The molecule has 1 unspecified atom stereocenters. The van der Waals surface area contributed by atoms with Crippen LogP contribution in [0, 0.1) is 11.8 Å². The SMILES string of the molecule is CC(C)[C@H](N)C(=O)N[C@H](C)C(=O)NC[C@H](O)CP(=O)(O)CC1CCCCC1.O. The number of amides is 2. The number of nitrogens with two attached hydrogens (primary N) is 1. The molecule has 4 atom stereocenters. The first-order valence-electron chi connectivity index (χ1n) is 9.84. The van der Waals surface area contributed by atoms with E-state index >= 15 is 0 Å². The van der Waals surface area contributed by atoms with E-state index in [2.05, 4.69) is 10.6 Å². The monoisotopic (exact) mass is 423 g/mol. The van der Waals surface area contributed by atoms with Gasteiger partial charge >= 0.3 is 0 Å². The van der Waals surface area contributed by atoms with E-state index in [4.69, 9.17) is 5.73 Å². The van der Waals surface area contributed by atoms with Gasteiger partial charge in [-0.25, -0.2) is 0 Å². The predicted octanol–water partition coefficient (Wildman–Crippen LogP) is -0.0225. The zero-order valence-electron chi connectivity index (χ0n) is 17.2. The van der Waals surface area contributed by atoms with Crippen LogP contribution in [0.5, 0.6) is 0 Å². The van der Waals surface area contributed by atoms with Gasteiger partial charge in [0, 0.05) is 12.7 Å². The molecule has 0 aromatic rings. The Hall–Kier alpha value is -0.990. The van der Waals surface area contributed by atoms with Gasteiger partial charge < -0.3 is 31.8 Å². The Morgan fingerprint density at radius 3 is 2.25 bits per heavy atom. The van der Waals surface area contributed by atoms with E-state index in [0.717, 1.165) is 25.7 Å². The minimum atomic E-state index is -3.44. The first-order valence-corrected chi connectivity index (χ1v) is 11.9. The van der Waals surface area contributed by atoms with Crippen molar-refractivity contribution in [2.24, 2.45) is 17.6 Å². The number of carbonyl (C=O) groups excluding carboxylic acids is 2. The molecule has 8 N–H and O–H groups in total. The smallest absolute Gasteiger partial charge is 0.242 e. The van der Waals surface area contributed by atoms with Gasteiger partial charge in [0.05, 0.1) is 18.3 Å². The van der Waals surface area contributed by atoms with E-state index in [1.807, 2.05) is 13.8 Å². The van der Waals surface area contributed by atoms with Crippen molar-refractivity contribution in [1.29, 1.82) is 0 Å². The molecule has 1 saturated carbocycles. The Labute approximate surface area is 167 Å². The maximum Gasteiger partial charge on any atom is 0.242 e. The summed E-state index contributed by atoms with van der Waals surface area (Å²) in [7, 11) is -3.44. The molecule has 0 heterocycles. The van der Waals surface area contributed by atoms with Crippen LogP contribution in [0.15, 0.2) is 0 Å². The lowest BCUT2D eigenvalue weighted by Crippen LogP contribution is -2.52. The highest BCUT2D eigenvalue weighted by Gasteiger charge is 2.29. The van der Waals surface area contributed by atoms with Gasteiger partial charge in [-0.1, -0.05) is 33.1 Å². The van der Waals surface area contributed by atoms with Crippen LogP contribution < -0.4 is 16.4 Å². The number of hydrogen-bond acceptors (Lipinski definition) is 5. The molecule has 166 valence electrons. The standard InChI is InChI=1S/C18H36N3O5P.H2O/c1-12(2)16(19)18(24)21-13(3)17(23)20-9-15(22)11-27(25,26)10-14-7-5-4-6-8-14;/h12-16,22H,4-11,19H2,1-3H3,(H,20,23)(H,21,24)(H,25,26);1H2/t13-,15+,16+;/m1./s1. The van der Waals surface area contributed by atoms with Crippen molar-refractivity contribution in [2.75, 3.05) is 18.9 Å². The Morgan fingerprint density at radius 1 is 1.14 bits per heavy atom. The van der Waals surface area contributed by atoms with Crippen molar-refractivity contribution in [2.45, 2.75) is 71.1 Å². The molecule has 0 spiro atoms. The second-order valence-electron chi connectivity index (χ2n) is 8.11. The Bertz CT molecular complexity index is 539. The van der Waals surface area contributed by atoms with Gasteiger partial charge in [0.25, 0.3) is 0 Å². The fourth-order valence-electron chi connectivity index (χ4n) is 3.29. The summed E-state index contributed by atoms with van der Waals surface area (Å²) in [6.45, 7) is 5.01. The minimum Gasteiger partial charge on any atom is -0.412 e. The summed E-state index contributed by atoms with van der Waals surface area (Å²) in [5.74, 6) is -0.694. The van der Waals surface area contributed by atoms with Crippen LogP contribution >= 0.6 is 7.37 Å². The van der Waals surface area contributed by atoms with E-state index in [9.17, 15) is 24.2 Å². The molecule has 0 aromatic carbocycles. The molecule has 0 aliphatic heterocycles. The van der Waals surface area contributed by atoms with Crippen molar-refractivity contribution in [3.8, 4) is 0 Å². The van der Waals surface area contributed by atoms with E-state index in [0.29, 0.717) is 0 Å². The van der Waals surface area contributed by atoms with Crippen LogP contribution in [-0.2, 0) is 14.2 Å². The van der Waals surface area contributed by atoms with Gasteiger partial charge in [-0.3, -0.25) is 14.2 Å². The first-order chi connectivity index (χ1) is 12.5. The molecule has 1 rings (SSSR count). The van der Waals surface area contributed by atoms with Crippen LogP contribution in [0.1, 0.15) is 52.9 Å². The van der Waals surface area contributed by atoms with Crippen LogP contribution in [0.4, 0.5) is 0 Å². The van der Waals surface area contributed by atoms with Crippen molar-refractivity contribution in [3.05, 3.63) is 0 Å². The van der Waals surface area contributed by atoms with Crippen LogP contribution in [0.2, 0.25) is 0 Å². The summed E-state index contributed by atoms with van der Waals surface area (Å²) in [4.78, 5) is 34.1. The number of nitrogens with one attached hydrogen (secondary N) is 2. The van der Waals surface area contributed by atoms with Crippen molar-refractivity contribution < 1.29 is 29.6 Å². The van der Waals surface area contributed by atoms with E-state index in [-0.39, 0.29) is 36.2 Å². The Morgan fingerprint density at radius 2 is 1.71 bits per heavy atom.